The lowest BCUT2D eigenvalue weighted by Gasteiger charge is -1.94. The van der Waals surface area contributed by atoms with E-state index in [-0.39, 0.29) is 0 Å². The second-order valence-electron chi connectivity index (χ2n) is 2.57. The summed E-state index contributed by atoms with van der Waals surface area (Å²) in [5.74, 6) is 0.299. The molecule has 1 aliphatic heterocycles. The summed E-state index contributed by atoms with van der Waals surface area (Å²) in [4.78, 5) is 0. The number of benzene rings is 1. The highest BCUT2D eigenvalue weighted by Crippen LogP contribution is 2.13. The maximum Gasteiger partial charge on any atom is 0.115 e. The van der Waals surface area contributed by atoms with Gasteiger partial charge >= 0.3 is 0 Å². The van der Waals surface area contributed by atoms with E-state index in [1.165, 1.54) is 0 Å². The van der Waals surface area contributed by atoms with Gasteiger partial charge in [0.2, 0.25) is 0 Å². The lowest BCUT2D eigenvalue weighted by molar-refractivity contribution is 0.286. The summed E-state index contributed by atoms with van der Waals surface area (Å²) in [6.45, 7) is 0.733. The van der Waals surface area contributed by atoms with Crippen molar-refractivity contribution in [3.63, 3.8) is 0 Å². The molecule has 0 radical (unpaired) electrons. The number of ether oxygens (including phenoxy) is 1. The van der Waals surface area contributed by atoms with E-state index < -0.39 is 0 Å². The Balaban J connectivity index is 0.000000146. The first kappa shape index (κ1) is 10.9. The van der Waals surface area contributed by atoms with Crippen LogP contribution in [-0.4, -0.2) is 11.7 Å². The van der Waals surface area contributed by atoms with Gasteiger partial charge in [-0.25, -0.2) is 0 Å². The molecule has 14 heavy (non-hydrogen) atoms. The second-order valence-corrected chi connectivity index (χ2v) is 3.48. The summed E-state index contributed by atoms with van der Waals surface area (Å²) in [5, 5.41) is 8.74. The van der Waals surface area contributed by atoms with Gasteiger partial charge in [0.05, 0.1) is 6.26 Å². The molecule has 0 bridgehead atoms. The second kappa shape index (κ2) is 6.27. The molecule has 2 rings (SSSR count). The fourth-order valence-electron chi connectivity index (χ4n) is 0.787. The molecule has 0 saturated carbocycles. The Hall–Kier alpha value is -1.22. The molecule has 3 heteroatoms. The lowest BCUT2D eigenvalue weighted by Crippen LogP contribution is -1.82. The van der Waals surface area contributed by atoms with Crippen molar-refractivity contribution in [1.82, 2.24) is 0 Å². The predicted molar refractivity (Wildman–Crippen MR) is 60.0 cm³/mol. The Morgan fingerprint density at radius 3 is 2.14 bits per heavy atom. The van der Waals surface area contributed by atoms with E-state index in [1.54, 1.807) is 30.5 Å². The average Bonchev–Trinajstić information content (AvgIpc) is 2.26. The molecule has 1 aromatic carbocycles. The number of hydrogen-bond donors (Lipinski definition) is 1. The van der Waals surface area contributed by atoms with Gasteiger partial charge in [0.25, 0.3) is 0 Å². The highest BCUT2D eigenvalue weighted by molar-refractivity contribution is 9.10. The zero-order valence-electron chi connectivity index (χ0n) is 7.56. The summed E-state index contributed by atoms with van der Waals surface area (Å²) < 4.78 is 5.78. The van der Waals surface area contributed by atoms with E-state index in [0.29, 0.717) is 5.75 Å². The van der Waals surface area contributed by atoms with Crippen molar-refractivity contribution in [2.45, 2.75) is 0 Å². The summed E-state index contributed by atoms with van der Waals surface area (Å²) in [7, 11) is 0. The van der Waals surface area contributed by atoms with Gasteiger partial charge in [-0.15, -0.1) is 0 Å². The average molecular weight is 255 g/mol. The lowest BCUT2D eigenvalue weighted by atomic mass is 10.3. The zero-order chi connectivity index (χ0) is 10.2. The summed E-state index contributed by atoms with van der Waals surface area (Å²) >= 11 is 3.23. The topological polar surface area (TPSA) is 29.5 Å². The van der Waals surface area contributed by atoms with Gasteiger partial charge in [-0.2, -0.15) is 0 Å². The first-order chi connectivity index (χ1) is 6.79. The minimum Gasteiger partial charge on any atom is -0.508 e. The van der Waals surface area contributed by atoms with E-state index in [1.807, 2.05) is 18.2 Å². The van der Waals surface area contributed by atoms with Gasteiger partial charge in [-0.3, -0.25) is 0 Å². The van der Waals surface area contributed by atoms with Crippen LogP contribution in [0.1, 0.15) is 0 Å². The van der Waals surface area contributed by atoms with Crippen LogP contribution in [0.5, 0.6) is 5.75 Å². The van der Waals surface area contributed by atoms with Crippen LogP contribution in [0.25, 0.3) is 0 Å². The summed E-state index contributed by atoms with van der Waals surface area (Å²) in [6.07, 6.45) is 7.47. The zero-order valence-corrected chi connectivity index (χ0v) is 9.15. The van der Waals surface area contributed by atoms with Crippen LogP contribution >= 0.6 is 15.9 Å². The van der Waals surface area contributed by atoms with Crippen molar-refractivity contribution in [2.75, 3.05) is 6.61 Å². The standard InChI is InChI=1S/C6H5BrO.C5H6O/c7-5-1-3-6(8)4-2-5;1-2-4-6-5-3-1/h1-4,8H;1-4H,5H2. The maximum atomic E-state index is 8.74. The third-order valence-electron chi connectivity index (χ3n) is 1.44. The smallest absolute Gasteiger partial charge is 0.115 e. The molecule has 0 amide bonds. The molecule has 0 spiro atoms. The fraction of sp³-hybridized carbons (Fsp3) is 0.0909. The SMILES string of the molecule is C1=CCOC=C1.Oc1ccc(Br)cc1. The van der Waals surface area contributed by atoms with E-state index in [4.69, 9.17) is 9.84 Å². The number of hydrogen-bond acceptors (Lipinski definition) is 2. The normalized spacial score (nSPS) is 12.6. The first-order valence-electron chi connectivity index (χ1n) is 4.17. The Morgan fingerprint density at radius 2 is 1.86 bits per heavy atom. The molecule has 0 aromatic heterocycles. The molecule has 1 N–H and O–H groups in total. The molecule has 1 aliphatic rings. The first-order valence-corrected chi connectivity index (χ1v) is 4.96. The monoisotopic (exact) mass is 254 g/mol. The van der Waals surface area contributed by atoms with Crippen LogP contribution in [-0.2, 0) is 4.74 Å². The van der Waals surface area contributed by atoms with Gasteiger partial charge in [-0.05, 0) is 36.4 Å². The summed E-state index contributed by atoms with van der Waals surface area (Å²) in [6, 6.07) is 6.83. The Labute approximate surface area is 91.7 Å². The Kier molecular flexibility index (Phi) is 4.86. The van der Waals surface area contributed by atoms with E-state index in [2.05, 4.69) is 15.9 Å². The number of phenols is 1. The van der Waals surface area contributed by atoms with Crippen LogP contribution in [0.4, 0.5) is 0 Å². The van der Waals surface area contributed by atoms with Gasteiger partial charge in [0, 0.05) is 4.47 Å². The van der Waals surface area contributed by atoms with Crippen LogP contribution in [0.15, 0.2) is 53.2 Å². The molecule has 0 atom stereocenters. The molecule has 0 aliphatic carbocycles. The minimum atomic E-state index is 0.299. The van der Waals surface area contributed by atoms with Gasteiger partial charge in [0.1, 0.15) is 12.4 Å². The maximum absolute atomic E-state index is 8.74. The van der Waals surface area contributed by atoms with Gasteiger partial charge in [-0.1, -0.05) is 22.0 Å². The minimum absolute atomic E-state index is 0.299. The predicted octanol–water partition coefficient (Wildman–Crippen LogP) is 3.24. The van der Waals surface area contributed by atoms with Crippen molar-refractivity contribution in [1.29, 1.82) is 0 Å². The number of rotatable bonds is 0. The third kappa shape index (κ3) is 4.72. The number of aromatic hydroxyl groups is 1. The van der Waals surface area contributed by atoms with E-state index >= 15 is 0 Å². The molecule has 0 saturated heterocycles. The molecule has 74 valence electrons. The van der Waals surface area contributed by atoms with E-state index in [0.717, 1.165) is 11.1 Å². The fourth-order valence-corrected chi connectivity index (χ4v) is 1.05. The van der Waals surface area contributed by atoms with Crippen LogP contribution < -0.4 is 0 Å². The quantitative estimate of drug-likeness (QED) is 0.771. The van der Waals surface area contributed by atoms with Crippen molar-refractivity contribution < 1.29 is 9.84 Å². The van der Waals surface area contributed by atoms with Gasteiger partial charge in [0.15, 0.2) is 0 Å². The Bertz CT molecular complexity index is 282. The van der Waals surface area contributed by atoms with Crippen molar-refractivity contribution >= 4 is 15.9 Å². The van der Waals surface area contributed by atoms with Crippen molar-refractivity contribution in [3.05, 3.63) is 53.2 Å². The summed E-state index contributed by atoms with van der Waals surface area (Å²) in [5.41, 5.74) is 0. The molecule has 0 fully saturated rings. The molecule has 1 heterocycles. The highest BCUT2D eigenvalue weighted by Gasteiger charge is 1.83. The van der Waals surface area contributed by atoms with Crippen molar-refractivity contribution in [2.24, 2.45) is 0 Å². The number of phenolic OH excluding ortho intramolecular Hbond substituents is 1. The molecule has 1 aromatic rings. The third-order valence-corrected chi connectivity index (χ3v) is 1.97. The molecule has 2 nitrogen and oxygen atoms in total. The molecule has 0 unspecified atom stereocenters. The highest BCUT2D eigenvalue weighted by atomic mass is 79.9. The largest absolute Gasteiger partial charge is 0.508 e. The van der Waals surface area contributed by atoms with Crippen LogP contribution in [0, 0.1) is 0 Å². The molecular formula is C11H11BrO2. The number of allylic oxidation sites excluding steroid dienone is 2. The van der Waals surface area contributed by atoms with Crippen LogP contribution in [0.2, 0.25) is 0 Å². The molecular weight excluding hydrogens is 244 g/mol. The van der Waals surface area contributed by atoms with Crippen molar-refractivity contribution in [3.8, 4) is 5.75 Å². The number of halogens is 1. The van der Waals surface area contributed by atoms with E-state index in [9.17, 15) is 0 Å². The van der Waals surface area contributed by atoms with Gasteiger partial charge < -0.3 is 9.84 Å². The van der Waals surface area contributed by atoms with Crippen LogP contribution in [0.3, 0.4) is 0 Å². The Morgan fingerprint density at radius 1 is 1.14 bits per heavy atom.